The van der Waals surface area contributed by atoms with E-state index >= 15 is 4.39 Å². The highest BCUT2D eigenvalue weighted by atomic mass is 19.1. The molecule has 0 spiro atoms. The van der Waals surface area contributed by atoms with E-state index in [2.05, 4.69) is 10.2 Å². The first-order chi connectivity index (χ1) is 12.5. The Morgan fingerprint density at radius 1 is 1.38 bits per heavy atom. The molecule has 6 nitrogen and oxygen atoms in total. The molecule has 0 unspecified atom stereocenters. The molecule has 2 aromatic rings. The minimum atomic E-state index is -1.27. The summed E-state index contributed by atoms with van der Waals surface area (Å²) < 4.78 is 16.3. The van der Waals surface area contributed by atoms with Crippen LogP contribution in [0.25, 0.3) is 5.52 Å². The van der Waals surface area contributed by atoms with Crippen molar-refractivity contribution in [3.63, 3.8) is 0 Å². The molecule has 4 heterocycles. The second kappa shape index (κ2) is 5.30. The van der Waals surface area contributed by atoms with Crippen molar-refractivity contribution in [3.8, 4) is 0 Å². The zero-order valence-corrected chi connectivity index (χ0v) is 14.5. The maximum Gasteiger partial charge on any atom is 0.341 e. The number of carbonyl (C=O) groups is 1. The molecular weight excluding hydrogens is 337 g/mol. The van der Waals surface area contributed by atoms with Gasteiger partial charge in [0.2, 0.25) is 0 Å². The molecule has 136 valence electrons. The second-order valence-electron chi connectivity index (χ2n) is 7.71. The lowest BCUT2D eigenvalue weighted by Gasteiger charge is -2.32. The van der Waals surface area contributed by atoms with Crippen LogP contribution in [0, 0.1) is 12.7 Å². The van der Waals surface area contributed by atoms with Crippen molar-refractivity contribution in [2.75, 3.05) is 18.0 Å². The van der Waals surface area contributed by atoms with Crippen molar-refractivity contribution < 1.29 is 14.3 Å². The maximum atomic E-state index is 15.0. The number of fused-ring (bicyclic) bond motifs is 3. The van der Waals surface area contributed by atoms with Crippen molar-refractivity contribution in [2.45, 2.75) is 44.2 Å². The van der Waals surface area contributed by atoms with Crippen LogP contribution < -0.4 is 15.8 Å². The first-order valence-electron chi connectivity index (χ1n) is 9.07. The van der Waals surface area contributed by atoms with E-state index in [9.17, 15) is 14.7 Å². The Morgan fingerprint density at radius 2 is 2.15 bits per heavy atom. The molecular formula is C19H20FN3O3. The van der Waals surface area contributed by atoms with Crippen LogP contribution in [0.4, 0.5) is 10.1 Å². The summed E-state index contributed by atoms with van der Waals surface area (Å²) in [5.41, 5.74) is 1.85. The number of rotatable bonds is 3. The summed E-state index contributed by atoms with van der Waals surface area (Å²) in [7, 11) is 0. The minimum absolute atomic E-state index is 0.248. The third kappa shape index (κ3) is 2.13. The molecule has 7 heteroatoms. The lowest BCUT2D eigenvalue weighted by atomic mass is 10.0. The quantitative estimate of drug-likeness (QED) is 0.877. The number of hydrogen-bond acceptors (Lipinski definition) is 4. The van der Waals surface area contributed by atoms with Crippen molar-refractivity contribution in [3.05, 3.63) is 45.1 Å². The van der Waals surface area contributed by atoms with Crippen molar-refractivity contribution >= 4 is 17.2 Å². The van der Waals surface area contributed by atoms with Gasteiger partial charge in [0.25, 0.3) is 5.56 Å². The summed E-state index contributed by atoms with van der Waals surface area (Å²) in [5, 5.41) is 12.8. The van der Waals surface area contributed by atoms with Gasteiger partial charge in [-0.2, -0.15) is 0 Å². The number of halogens is 1. The van der Waals surface area contributed by atoms with Crippen LogP contribution in [0.15, 0.2) is 17.1 Å². The molecule has 26 heavy (non-hydrogen) atoms. The SMILES string of the molecule is Cc1c(N2C[C@@H]3C[C@H]2CN3)c(F)cn2c(=O)c(C(=O)O)cc(C3CC3)c12. The smallest absolute Gasteiger partial charge is 0.341 e. The highest BCUT2D eigenvalue weighted by molar-refractivity contribution is 5.89. The van der Waals surface area contributed by atoms with Crippen LogP contribution in [0.3, 0.4) is 0 Å². The number of nitrogens with one attached hydrogen (secondary N) is 1. The molecule has 0 amide bonds. The Balaban J connectivity index is 1.79. The Hall–Kier alpha value is -2.41. The summed E-state index contributed by atoms with van der Waals surface area (Å²) in [6, 6.07) is 2.16. The largest absolute Gasteiger partial charge is 0.477 e. The van der Waals surface area contributed by atoms with E-state index in [1.807, 2.05) is 6.92 Å². The second-order valence-corrected chi connectivity index (χ2v) is 7.71. The number of aromatic nitrogens is 1. The summed E-state index contributed by atoms with van der Waals surface area (Å²) in [4.78, 5) is 26.2. The zero-order valence-electron chi connectivity index (χ0n) is 14.5. The predicted molar refractivity (Wildman–Crippen MR) is 94.8 cm³/mol. The van der Waals surface area contributed by atoms with E-state index in [1.54, 1.807) is 0 Å². The van der Waals surface area contributed by atoms with Gasteiger partial charge in [-0.3, -0.25) is 9.20 Å². The summed E-state index contributed by atoms with van der Waals surface area (Å²) in [5.74, 6) is -1.48. The molecule has 2 aliphatic heterocycles. The summed E-state index contributed by atoms with van der Waals surface area (Å²) in [6.45, 7) is 3.45. The number of carboxylic acids is 1. The van der Waals surface area contributed by atoms with E-state index in [-0.39, 0.29) is 17.5 Å². The van der Waals surface area contributed by atoms with E-state index in [0.29, 0.717) is 17.2 Å². The average Bonchev–Trinajstić information content (AvgIpc) is 3.22. The van der Waals surface area contributed by atoms with Gasteiger partial charge >= 0.3 is 5.97 Å². The number of carboxylic acid groups (broad SMARTS) is 1. The van der Waals surface area contributed by atoms with Crippen LogP contribution in [0.2, 0.25) is 0 Å². The lowest BCUT2D eigenvalue weighted by molar-refractivity contribution is 0.0694. The Bertz CT molecular complexity index is 1010. The molecule has 2 aromatic heterocycles. The number of aromatic carboxylic acids is 1. The highest BCUT2D eigenvalue weighted by Crippen LogP contribution is 2.44. The lowest BCUT2D eigenvalue weighted by Crippen LogP contribution is -2.44. The van der Waals surface area contributed by atoms with Gasteiger partial charge < -0.3 is 15.3 Å². The zero-order chi connectivity index (χ0) is 18.2. The van der Waals surface area contributed by atoms with Crippen LogP contribution in [0.1, 0.15) is 46.7 Å². The number of pyridine rings is 2. The molecule has 2 N–H and O–H groups in total. The van der Waals surface area contributed by atoms with E-state index in [0.717, 1.165) is 43.5 Å². The molecule has 2 atom stereocenters. The van der Waals surface area contributed by atoms with Gasteiger partial charge in [0.05, 0.1) is 17.4 Å². The molecule has 1 saturated carbocycles. The standard InChI is InChI=1S/C19H20FN3O3/c1-9-16-13(10-2-3-10)5-14(19(25)26)18(24)23(16)8-15(20)17(9)22-7-11-4-12(22)6-21-11/h5,8,10-12,21H,2-4,6-7H2,1H3,(H,25,26)/t11-,12-/m0/s1. The van der Waals surface area contributed by atoms with Crippen molar-refractivity contribution in [1.29, 1.82) is 0 Å². The van der Waals surface area contributed by atoms with Crippen LogP contribution >= 0.6 is 0 Å². The van der Waals surface area contributed by atoms with E-state index < -0.39 is 17.3 Å². The first-order valence-corrected chi connectivity index (χ1v) is 9.07. The van der Waals surface area contributed by atoms with Gasteiger partial charge in [0.15, 0.2) is 5.82 Å². The fraction of sp³-hybridized carbons (Fsp3) is 0.474. The number of nitrogens with zero attached hydrogens (tertiary/aromatic N) is 2. The summed E-state index contributed by atoms with van der Waals surface area (Å²) >= 11 is 0. The molecule has 5 rings (SSSR count). The fourth-order valence-electron chi connectivity index (χ4n) is 4.69. The molecule has 2 saturated heterocycles. The van der Waals surface area contributed by atoms with Gasteiger partial charge in [0, 0.05) is 25.2 Å². The van der Waals surface area contributed by atoms with Gasteiger partial charge in [0.1, 0.15) is 5.56 Å². The molecule has 2 bridgehead atoms. The Kier molecular flexibility index (Phi) is 3.22. The normalized spacial score (nSPS) is 24.6. The number of anilines is 1. The molecule has 0 aromatic carbocycles. The third-order valence-corrected chi connectivity index (χ3v) is 6.03. The number of aryl methyl sites for hydroxylation is 1. The van der Waals surface area contributed by atoms with E-state index in [4.69, 9.17) is 0 Å². The predicted octanol–water partition coefficient (Wildman–Crippen LogP) is 1.87. The molecule has 3 fully saturated rings. The minimum Gasteiger partial charge on any atom is -0.477 e. The Morgan fingerprint density at radius 3 is 2.73 bits per heavy atom. The van der Waals surface area contributed by atoms with Gasteiger partial charge in [-0.05, 0) is 49.3 Å². The maximum absolute atomic E-state index is 15.0. The van der Waals surface area contributed by atoms with Crippen molar-refractivity contribution in [2.24, 2.45) is 0 Å². The molecule has 1 aliphatic carbocycles. The van der Waals surface area contributed by atoms with Gasteiger partial charge in [-0.15, -0.1) is 0 Å². The highest BCUT2D eigenvalue weighted by Gasteiger charge is 2.40. The van der Waals surface area contributed by atoms with E-state index in [1.165, 1.54) is 16.7 Å². The monoisotopic (exact) mass is 357 g/mol. The van der Waals surface area contributed by atoms with Crippen molar-refractivity contribution in [1.82, 2.24) is 9.72 Å². The van der Waals surface area contributed by atoms with Crippen LogP contribution in [-0.2, 0) is 0 Å². The Labute approximate surface area is 149 Å². The molecule has 0 radical (unpaired) electrons. The number of hydrogen-bond donors (Lipinski definition) is 2. The topological polar surface area (TPSA) is 74.0 Å². The number of piperazine rings is 1. The van der Waals surface area contributed by atoms with Gasteiger partial charge in [-0.25, -0.2) is 9.18 Å². The van der Waals surface area contributed by atoms with Crippen LogP contribution in [0.5, 0.6) is 0 Å². The molecule has 3 aliphatic rings. The average molecular weight is 357 g/mol. The first kappa shape index (κ1) is 15.8. The summed E-state index contributed by atoms with van der Waals surface area (Å²) in [6.07, 6.45) is 4.12. The third-order valence-electron chi connectivity index (χ3n) is 6.03. The fourth-order valence-corrected chi connectivity index (χ4v) is 4.69. The van der Waals surface area contributed by atoms with Gasteiger partial charge in [-0.1, -0.05) is 0 Å². The van der Waals surface area contributed by atoms with Crippen LogP contribution in [-0.4, -0.2) is 40.6 Å².